The van der Waals surface area contributed by atoms with E-state index >= 15 is 4.79 Å². The molecule has 11 nitrogen and oxygen atoms in total. The van der Waals surface area contributed by atoms with Crippen molar-refractivity contribution in [2.75, 3.05) is 44.8 Å². The number of pyridine rings is 1. The van der Waals surface area contributed by atoms with E-state index in [4.69, 9.17) is 4.74 Å². The first kappa shape index (κ1) is 36.8. The molecule has 9 rings (SSSR count). The highest BCUT2D eigenvalue weighted by Gasteiger charge is 2.36. The standard InChI is InChI=1S/C46H48N6O5/c1-48(36-11-13-38(53)14-12-36)45(55)41-25-43(51-16-5-4-10-42(41)51)39-23-34-27-50(44(54)21-31-7-6-15-47-26-31)28-35(34)24-40(39)46(56)52-29-33-9-3-2-8-32(33)22-37(52)30-49-17-19-57-20-18-49/h2-3,6-9,11-15,23-26,37,53H,4-5,10,16-22,27-30H2,1H3/t37-/m0/s1. The number of rotatable bonds is 8. The van der Waals surface area contributed by atoms with E-state index in [1.165, 1.54) is 5.56 Å². The molecule has 2 aromatic heterocycles. The molecule has 0 bridgehead atoms. The summed E-state index contributed by atoms with van der Waals surface area (Å²) in [6.45, 7) is 5.88. The Bertz CT molecular complexity index is 2320. The average molecular weight is 765 g/mol. The summed E-state index contributed by atoms with van der Waals surface area (Å²) in [5, 5.41) is 9.90. The van der Waals surface area contributed by atoms with Crippen molar-refractivity contribution >= 4 is 23.4 Å². The fraction of sp³-hybridized carbons (Fsp3) is 0.348. The van der Waals surface area contributed by atoms with Crippen LogP contribution in [-0.2, 0) is 55.0 Å². The van der Waals surface area contributed by atoms with Gasteiger partial charge in [0.2, 0.25) is 5.91 Å². The summed E-state index contributed by atoms with van der Waals surface area (Å²) in [5.74, 6) is -0.0335. The van der Waals surface area contributed by atoms with E-state index in [1.54, 1.807) is 48.6 Å². The number of nitrogens with zero attached hydrogens (tertiary/aromatic N) is 6. The van der Waals surface area contributed by atoms with E-state index in [2.05, 4.69) is 43.6 Å². The maximum Gasteiger partial charge on any atom is 0.259 e. The van der Waals surface area contributed by atoms with Crippen LogP contribution in [0.5, 0.6) is 5.75 Å². The number of hydrogen-bond donors (Lipinski definition) is 1. The number of hydrogen-bond acceptors (Lipinski definition) is 7. The third-order valence-corrected chi connectivity index (χ3v) is 12.2. The van der Waals surface area contributed by atoms with Crippen LogP contribution >= 0.6 is 0 Å². The molecule has 57 heavy (non-hydrogen) atoms. The lowest BCUT2D eigenvalue weighted by Gasteiger charge is -2.40. The highest BCUT2D eigenvalue weighted by atomic mass is 16.5. The molecule has 292 valence electrons. The number of aromatic hydroxyl groups is 1. The van der Waals surface area contributed by atoms with Gasteiger partial charge in [-0.15, -0.1) is 0 Å². The van der Waals surface area contributed by atoms with Crippen molar-refractivity contribution in [2.24, 2.45) is 0 Å². The lowest BCUT2D eigenvalue weighted by molar-refractivity contribution is -0.131. The number of aromatic nitrogens is 2. The van der Waals surface area contributed by atoms with Crippen molar-refractivity contribution in [3.63, 3.8) is 0 Å². The van der Waals surface area contributed by atoms with Crippen LogP contribution in [0, 0.1) is 0 Å². The highest BCUT2D eigenvalue weighted by molar-refractivity contribution is 6.08. The van der Waals surface area contributed by atoms with E-state index in [9.17, 15) is 14.7 Å². The van der Waals surface area contributed by atoms with Gasteiger partial charge in [-0.2, -0.15) is 0 Å². The Labute approximate surface area is 333 Å². The second-order valence-corrected chi connectivity index (χ2v) is 15.8. The average Bonchev–Trinajstić information content (AvgIpc) is 3.85. The molecule has 3 amide bonds. The van der Waals surface area contributed by atoms with Crippen LogP contribution in [-0.4, -0.2) is 93.0 Å². The first-order chi connectivity index (χ1) is 27.8. The summed E-state index contributed by atoms with van der Waals surface area (Å²) >= 11 is 0. The molecule has 0 aliphatic carbocycles. The molecular formula is C46H48N6O5. The molecule has 6 heterocycles. The van der Waals surface area contributed by atoms with E-state index in [0.717, 1.165) is 91.1 Å². The van der Waals surface area contributed by atoms with Gasteiger partial charge in [0.1, 0.15) is 5.75 Å². The van der Waals surface area contributed by atoms with Crippen molar-refractivity contribution in [2.45, 2.75) is 64.3 Å². The Morgan fingerprint density at radius 2 is 1.61 bits per heavy atom. The minimum Gasteiger partial charge on any atom is -0.508 e. The number of anilines is 1. The Morgan fingerprint density at radius 3 is 2.39 bits per heavy atom. The van der Waals surface area contributed by atoms with Gasteiger partial charge in [-0.3, -0.25) is 24.3 Å². The molecule has 4 aliphatic rings. The topological polar surface area (TPSA) is 111 Å². The molecule has 4 aliphatic heterocycles. The quantitative estimate of drug-likeness (QED) is 0.211. The van der Waals surface area contributed by atoms with Crippen molar-refractivity contribution in [3.8, 4) is 17.0 Å². The SMILES string of the molecule is CN(C(=O)c1cc(-c2cc3c(cc2C(=O)N2Cc4ccccc4C[C@H]2CN2CCOCC2)CN(C(=O)Cc2cccnc2)C3)n2c1CCCC2)c1ccc(O)cc1. The van der Waals surface area contributed by atoms with Crippen LogP contribution in [0.2, 0.25) is 0 Å². The van der Waals surface area contributed by atoms with Crippen LogP contribution in [0.1, 0.15) is 67.1 Å². The number of morpholine rings is 1. The minimum absolute atomic E-state index is 0.0112. The van der Waals surface area contributed by atoms with Gasteiger partial charge in [0.05, 0.1) is 25.2 Å². The summed E-state index contributed by atoms with van der Waals surface area (Å²) < 4.78 is 7.92. The number of amides is 3. The predicted molar refractivity (Wildman–Crippen MR) is 217 cm³/mol. The molecule has 3 aromatic carbocycles. The molecule has 1 atom stereocenters. The fourth-order valence-electron chi connectivity index (χ4n) is 9.09. The van der Waals surface area contributed by atoms with Crippen LogP contribution in [0.4, 0.5) is 5.69 Å². The second-order valence-electron chi connectivity index (χ2n) is 15.8. The maximum atomic E-state index is 15.4. The zero-order valence-corrected chi connectivity index (χ0v) is 32.4. The molecule has 1 N–H and O–H groups in total. The largest absolute Gasteiger partial charge is 0.508 e. The number of carbonyl (C=O) groups excluding carboxylic acids is 3. The number of phenols is 1. The highest BCUT2D eigenvalue weighted by Crippen LogP contribution is 2.39. The van der Waals surface area contributed by atoms with Crippen molar-refractivity contribution in [3.05, 3.63) is 136 Å². The van der Waals surface area contributed by atoms with E-state index < -0.39 is 0 Å². The van der Waals surface area contributed by atoms with Crippen molar-refractivity contribution < 1.29 is 24.2 Å². The molecule has 1 saturated heterocycles. The Balaban J connectivity index is 1.13. The van der Waals surface area contributed by atoms with Gasteiger partial charge in [-0.05, 0) is 102 Å². The van der Waals surface area contributed by atoms with Gasteiger partial charge in [-0.1, -0.05) is 30.3 Å². The van der Waals surface area contributed by atoms with Gasteiger partial charge >= 0.3 is 0 Å². The Kier molecular flexibility index (Phi) is 10.1. The predicted octanol–water partition coefficient (Wildman–Crippen LogP) is 5.85. The Morgan fingerprint density at radius 1 is 0.842 bits per heavy atom. The number of fused-ring (bicyclic) bond motifs is 3. The zero-order valence-electron chi connectivity index (χ0n) is 32.4. The number of benzene rings is 3. The number of ether oxygens (including phenoxy) is 1. The smallest absolute Gasteiger partial charge is 0.259 e. The first-order valence-electron chi connectivity index (χ1n) is 20.1. The molecule has 0 spiro atoms. The maximum absolute atomic E-state index is 15.4. The molecule has 0 unspecified atom stereocenters. The van der Waals surface area contributed by atoms with Crippen molar-refractivity contribution in [1.29, 1.82) is 0 Å². The normalized spacial score (nSPS) is 17.8. The molecule has 1 fully saturated rings. The number of phenolic OH excluding ortho intramolecular Hbond substituents is 1. The lowest BCUT2D eigenvalue weighted by atomic mass is 9.91. The lowest BCUT2D eigenvalue weighted by Crippen LogP contribution is -2.52. The van der Waals surface area contributed by atoms with E-state index in [1.807, 2.05) is 35.2 Å². The van der Waals surface area contributed by atoms with Crippen LogP contribution in [0.25, 0.3) is 11.3 Å². The Hall–Kier alpha value is -5.78. The fourth-order valence-corrected chi connectivity index (χ4v) is 9.09. The molecule has 11 heteroatoms. The van der Waals surface area contributed by atoms with E-state index in [-0.39, 0.29) is 35.9 Å². The molecular weight excluding hydrogens is 717 g/mol. The summed E-state index contributed by atoms with van der Waals surface area (Å²) in [6.07, 6.45) is 7.13. The minimum atomic E-state index is -0.142. The van der Waals surface area contributed by atoms with E-state index in [0.29, 0.717) is 49.7 Å². The van der Waals surface area contributed by atoms with Gasteiger partial charge in [0.15, 0.2) is 0 Å². The number of carbonyl (C=O) groups is 3. The monoisotopic (exact) mass is 764 g/mol. The van der Waals surface area contributed by atoms with Gasteiger partial charge in [0, 0.05) is 99.5 Å². The van der Waals surface area contributed by atoms with Crippen LogP contribution in [0.3, 0.4) is 0 Å². The van der Waals surface area contributed by atoms with Gasteiger partial charge < -0.3 is 29.1 Å². The summed E-state index contributed by atoms with van der Waals surface area (Å²) in [4.78, 5) is 55.6. The summed E-state index contributed by atoms with van der Waals surface area (Å²) in [7, 11) is 1.76. The van der Waals surface area contributed by atoms with Gasteiger partial charge in [0.25, 0.3) is 11.8 Å². The van der Waals surface area contributed by atoms with Crippen LogP contribution in [0.15, 0.2) is 91.3 Å². The van der Waals surface area contributed by atoms with Gasteiger partial charge in [-0.25, -0.2) is 0 Å². The zero-order chi connectivity index (χ0) is 39.0. The third-order valence-electron chi connectivity index (χ3n) is 12.2. The molecule has 5 aromatic rings. The van der Waals surface area contributed by atoms with Crippen molar-refractivity contribution in [1.82, 2.24) is 24.3 Å². The van der Waals surface area contributed by atoms with Crippen LogP contribution < -0.4 is 4.90 Å². The molecule has 0 radical (unpaired) electrons. The summed E-state index contributed by atoms with van der Waals surface area (Å²) in [6, 6.07) is 24.9. The summed E-state index contributed by atoms with van der Waals surface area (Å²) in [5.41, 5.74) is 9.77. The second kappa shape index (κ2) is 15.6. The third kappa shape index (κ3) is 7.33. The molecule has 0 saturated carbocycles. The first-order valence-corrected chi connectivity index (χ1v) is 20.1.